The highest BCUT2D eigenvalue weighted by atomic mass is 16.5. The van der Waals surface area contributed by atoms with Crippen molar-refractivity contribution < 1.29 is 14.3 Å². The lowest BCUT2D eigenvalue weighted by atomic mass is 9.49. The van der Waals surface area contributed by atoms with Crippen molar-refractivity contribution in [3.05, 3.63) is 0 Å². The van der Waals surface area contributed by atoms with Crippen LogP contribution in [0.5, 0.6) is 0 Å². The quantitative estimate of drug-likeness (QED) is 0.741. The van der Waals surface area contributed by atoms with Crippen LogP contribution in [0.2, 0.25) is 0 Å². The van der Waals surface area contributed by atoms with Crippen LogP contribution in [0, 0.1) is 23.2 Å². The Morgan fingerprint density at radius 2 is 1.60 bits per heavy atom. The van der Waals surface area contributed by atoms with E-state index >= 15 is 0 Å². The van der Waals surface area contributed by atoms with Gasteiger partial charge in [-0.3, -0.25) is 9.59 Å². The number of likely N-dealkylation sites (N-methyl/N-ethyl adjacent to an activating group) is 1. The zero-order valence-corrected chi connectivity index (χ0v) is 12.6. The Morgan fingerprint density at radius 1 is 1.10 bits per heavy atom. The predicted molar refractivity (Wildman–Crippen MR) is 74.9 cm³/mol. The number of amides is 1. The monoisotopic (exact) mass is 279 g/mol. The lowest BCUT2D eigenvalue weighted by molar-refractivity contribution is -0.161. The smallest absolute Gasteiger partial charge is 0.325 e. The van der Waals surface area contributed by atoms with Gasteiger partial charge in [0.05, 0.1) is 12.0 Å². The van der Waals surface area contributed by atoms with Crippen LogP contribution in [0.1, 0.15) is 45.4 Å². The first-order valence-electron chi connectivity index (χ1n) is 7.93. The molecular formula is C16H25NO3. The van der Waals surface area contributed by atoms with Gasteiger partial charge in [-0.15, -0.1) is 0 Å². The lowest BCUT2D eigenvalue weighted by Crippen LogP contribution is -2.54. The van der Waals surface area contributed by atoms with Crippen molar-refractivity contribution in [1.82, 2.24) is 4.90 Å². The Kier molecular flexibility index (Phi) is 3.51. The lowest BCUT2D eigenvalue weighted by Gasteiger charge is -2.56. The Balaban J connectivity index is 1.68. The molecule has 0 spiro atoms. The second kappa shape index (κ2) is 5.05. The fourth-order valence-corrected chi connectivity index (χ4v) is 5.25. The van der Waals surface area contributed by atoms with E-state index in [2.05, 4.69) is 0 Å². The summed E-state index contributed by atoms with van der Waals surface area (Å²) in [5.41, 5.74) is -0.157. The average molecular weight is 279 g/mol. The fraction of sp³-hybridized carbons (Fsp3) is 0.875. The Bertz CT molecular complexity index is 383. The van der Waals surface area contributed by atoms with Gasteiger partial charge in [0.1, 0.15) is 6.54 Å². The number of nitrogens with zero attached hydrogens (tertiary/aromatic N) is 1. The zero-order valence-electron chi connectivity index (χ0n) is 12.6. The largest absolute Gasteiger partial charge is 0.465 e. The molecule has 4 fully saturated rings. The van der Waals surface area contributed by atoms with Crippen LogP contribution in [0.3, 0.4) is 0 Å². The number of ether oxygens (including phenoxy) is 1. The molecular weight excluding hydrogens is 254 g/mol. The van der Waals surface area contributed by atoms with Gasteiger partial charge in [-0.2, -0.15) is 0 Å². The highest BCUT2D eigenvalue weighted by Crippen LogP contribution is 2.60. The van der Waals surface area contributed by atoms with Crippen molar-refractivity contribution in [2.75, 3.05) is 20.2 Å². The highest BCUT2D eigenvalue weighted by Gasteiger charge is 2.55. The van der Waals surface area contributed by atoms with E-state index in [4.69, 9.17) is 4.74 Å². The summed E-state index contributed by atoms with van der Waals surface area (Å²) in [7, 11) is 1.75. The number of hydrogen-bond acceptors (Lipinski definition) is 3. The average Bonchev–Trinajstić information content (AvgIpc) is 2.36. The normalized spacial score (nSPS) is 37.8. The van der Waals surface area contributed by atoms with Crippen LogP contribution in [-0.2, 0) is 14.3 Å². The van der Waals surface area contributed by atoms with Crippen LogP contribution in [-0.4, -0.2) is 37.0 Å². The Labute approximate surface area is 120 Å². The molecule has 20 heavy (non-hydrogen) atoms. The SMILES string of the molecule is CCOC(=O)CN(C)C(=O)C12CC3CC(CC(C3)C1)C2. The van der Waals surface area contributed by atoms with Crippen molar-refractivity contribution in [2.45, 2.75) is 45.4 Å². The molecule has 4 bridgehead atoms. The van der Waals surface area contributed by atoms with Crippen LogP contribution in [0.4, 0.5) is 0 Å². The molecule has 0 aromatic rings. The maximum Gasteiger partial charge on any atom is 0.325 e. The number of hydrogen-bond donors (Lipinski definition) is 0. The number of esters is 1. The molecule has 1 amide bonds. The number of carbonyl (C=O) groups is 2. The van der Waals surface area contributed by atoms with Gasteiger partial charge < -0.3 is 9.64 Å². The molecule has 0 aromatic carbocycles. The first kappa shape index (κ1) is 13.9. The van der Waals surface area contributed by atoms with E-state index in [1.165, 1.54) is 19.3 Å². The van der Waals surface area contributed by atoms with Gasteiger partial charge in [-0.05, 0) is 63.2 Å². The second-order valence-corrected chi connectivity index (χ2v) is 7.16. The fourth-order valence-electron chi connectivity index (χ4n) is 5.25. The molecule has 4 heteroatoms. The van der Waals surface area contributed by atoms with Gasteiger partial charge in [-0.25, -0.2) is 0 Å². The summed E-state index contributed by atoms with van der Waals surface area (Å²) < 4.78 is 4.95. The molecule has 0 N–H and O–H groups in total. The van der Waals surface area contributed by atoms with E-state index in [9.17, 15) is 9.59 Å². The topological polar surface area (TPSA) is 46.6 Å². The van der Waals surface area contributed by atoms with Gasteiger partial charge in [0.15, 0.2) is 0 Å². The van der Waals surface area contributed by atoms with Gasteiger partial charge in [0.25, 0.3) is 0 Å². The van der Waals surface area contributed by atoms with Crippen molar-refractivity contribution in [3.63, 3.8) is 0 Å². The molecule has 4 saturated carbocycles. The van der Waals surface area contributed by atoms with Crippen molar-refractivity contribution in [2.24, 2.45) is 23.2 Å². The molecule has 0 heterocycles. The predicted octanol–water partition coefficient (Wildman–Crippen LogP) is 2.22. The number of rotatable bonds is 4. The van der Waals surface area contributed by atoms with E-state index in [1.54, 1.807) is 18.9 Å². The Hall–Kier alpha value is -1.06. The third-order valence-electron chi connectivity index (χ3n) is 5.51. The minimum atomic E-state index is -0.298. The van der Waals surface area contributed by atoms with Crippen LogP contribution < -0.4 is 0 Å². The summed E-state index contributed by atoms with van der Waals surface area (Å²) in [5.74, 6) is 2.14. The standard InChI is InChI=1S/C16H25NO3/c1-3-20-14(18)10-17(2)15(19)16-7-11-4-12(8-16)6-13(5-11)9-16/h11-13H,3-10H2,1-2H3. The minimum Gasteiger partial charge on any atom is -0.465 e. The molecule has 112 valence electrons. The summed E-state index contributed by atoms with van der Waals surface area (Å²) in [4.78, 5) is 26.0. The minimum absolute atomic E-state index is 0.0917. The van der Waals surface area contributed by atoms with Crippen molar-refractivity contribution in [3.8, 4) is 0 Å². The molecule has 4 rings (SSSR count). The zero-order chi connectivity index (χ0) is 14.3. The van der Waals surface area contributed by atoms with Crippen molar-refractivity contribution in [1.29, 1.82) is 0 Å². The van der Waals surface area contributed by atoms with Gasteiger partial charge in [0, 0.05) is 7.05 Å². The molecule has 0 aromatic heterocycles. The molecule has 0 radical (unpaired) electrons. The molecule has 0 saturated heterocycles. The van der Waals surface area contributed by atoms with Gasteiger partial charge >= 0.3 is 5.97 Å². The van der Waals surface area contributed by atoms with E-state index in [-0.39, 0.29) is 23.8 Å². The summed E-state index contributed by atoms with van der Waals surface area (Å²) in [6.07, 6.45) is 7.12. The number of carbonyl (C=O) groups excluding carboxylic acids is 2. The summed E-state index contributed by atoms with van der Waals surface area (Å²) in [6.45, 7) is 2.26. The maximum absolute atomic E-state index is 12.9. The van der Waals surface area contributed by atoms with E-state index < -0.39 is 0 Å². The summed E-state index contributed by atoms with van der Waals surface area (Å²) >= 11 is 0. The van der Waals surface area contributed by atoms with E-state index in [1.807, 2.05) is 0 Å². The third kappa shape index (κ3) is 2.33. The van der Waals surface area contributed by atoms with E-state index in [0.717, 1.165) is 37.0 Å². The summed E-state index contributed by atoms with van der Waals surface area (Å²) in [5, 5.41) is 0. The molecule has 4 nitrogen and oxygen atoms in total. The van der Waals surface area contributed by atoms with Gasteiger partial charge in [-0.1, -0.05) is 0 Å². The molecule has 0 atom stereocenters. The van der Waals surface area contributed by atoms with Crippen LogP contribution >= 0.6 is 0 Å². The van der Waals surface area contributed by atoms with Crippen molar-refractivity contribution >= 4 is 11.9 Å². The highest BCUT2D eigenvalue weighted by molar-refractivity contribution is 5.86. The molecule has 4 aliphatic carbocycles. The maximum atomic E-state index is 12.9. The van der Waals surface area contributed by atoms with E-state index in [0.29, 0.717) is 6.61 Å². The first-order valence-corrected chi connectivity index (χ1v) is 7.93. The second-order valence-electron chi connectivity index (χ2n) is 7.16. The molecule has 4 aliphatic rings. The van der Waals surface area contributed by atoms with Crippen LogP contribution in [0.25, 0.3) is 0 Å². The first-order chi connectivity index (χ1) is 9.52. The third-order valence-corrected chi connectivity index (χ3v) is 5.51. The molecule has 0 unspecified atom stereocenters. The Morgan fingerprint density at radius 3 is 2.05 bits per heavy atom. The summed E-state index contributed by atoms with van der Waals surface area (Å²) in [6, 6.07) is 0. The van der Waals surface area contributed by atoms with Gasteiger partial charge in [0.2, 0.25) is 5.91 Å². The molecule has 0 aliphatic heterocycles. The van der Waals surface area contributed by atoms with Crippen LogP contribution in [0.15, 0.2) is 0 Å².